The molecule has 0 aliphatic heterocycles. The van der Waals surface area contributed by atoms with Crippen LogP contribution in [0.2, 0.25) is 0 Å². The first kappa shape index (κ1) is 12.3. The van der Waals surface area contributed by atoms with Crippen molar-refractivity contribution < 1.29 is 9.53 Å². The number of esters is 1. The van der Waals surface area contributed by atoms with Crippen LogP contribution >= 0.6 is 0 Å². The first-order valence-corrected chi connectivity index (χ1v) is 5.68. The summed E-state index contributed by atoms with van der Waals surface area (Å²) in [5.41, 5.74) is 0.976. The molecule has 0 aliphatic carbocycles. The molecule has 0 saturated heterocycles. The first-order chi connectivity index (χ1) is 8.51. The Balaban J connectivity index is 2.78. The minimum atomic E-state index is -0.494. The average Bonchev–Trinajstić information content (AvgIpc) is 2.78. The van der Waals surface area contributed by atoms with Crippen LogP contribution in [-0.2, 0) is 10.3 Å². The average molecular weight is 241 g/mol. The molecule has 0 saturated carbocycles. The maximum atomic E-state index is 11.8. The molecule has 0 N–H and O–H groups in total. The van der Waals surface area contributed by atoms with Crippen molar-refractivity contribution in [3.8, 4) is 12.3 Å². The largest absolute Gasteiger partial charge is 0.465 e. The number of benzene rings is 1. The van der Waals surface area contributed by atoms with Crippen LogP contribution in [0.5, 0.6) is 0 Å². The van der Waals surface area contributed by atoms with E-state index in [-0.39, 0.29) is 5.97 Å². The predicted octanol–water partition coefficient (Wildman–Crippen LogP) is 2.80. The lowest BCUT2D eigenvalue weighted by Gasteiger charge is -2.21. The summed E-state index contributed by atoms with van der Waals surface area (Å²) >= 11 is 0. The quantitative estimate of drug-likeness (QED) is 0.598. The van der Waals surface area contributed by atoms with Crippen LogP contribution in [0.4, 0.5) is 0 Å². The topological polar surface area (TPSA) is 31.2 Å². The third-order valence-corrected chi connectivity index (χ3v) is 3.07. The normalized spacial score (nSPS) is 11.2. The van der Waals surface area contributed by atoms with Gasteiger partial charge in [0.1, 0.15) is 0 Å². The summed E-state index contributed by atoms with van der Waals surface area (Å²) < 4.78 is 6.73. The molecule has 0 aliphatic rings. The molecule has 2 rings (SSSR count). The molecule has 1 aromatic heterocycles. The van der Waals surface area contributed by atoms with Gasteiger partial charge in [0.15, 0.2) is 0 Å². The molecule has 1 heterocycles. The van der Waals surface area contributed by atoms with E-state index in [2.05, 4.69) is 5.92 Å². The summed E-state index contributed by atoms with van der Waals surface area (Å²) in [5, 5.41) is 0.854. The van der Waals surface area contributed by atoms with E-state index in [1.54, 1.807) is 6.20 Å². The van der Waals surface area contributed by atoms with Gasteiger partial charge in [0, 0.05) is 11.6 Å². The van der Waals surface area contributed by atoms with Crippen molar-refractivity contribution in [3.05, 3.63) is 36.0 Å². The van der Waals surface area contributed by atoms with Crippen LogP contribution in [-0.4, -0.2) is 17.6 Å². The zero-order valence-corrected chi connectivity index (χ0v) is 10.7. The smallest absolute Gasteiger partial charge is 0.340 e. The molecule has 0 atom stereocenters. The van der Waals surface area contributed by atoms with Gasteiger partial charge in [-0.2, -0.15) is 0 Å². The van der Waals surface area contributed by atoms with E-state index in [1.165, 1.54) is 7.11 Å². The van der Waals surface area contributed by atoms with Gasteiger partial charge in [0.25, 0.3) is 0 Å². The Hall–Kier alpha value is -2.21. The summed E-state index contributed by atoms with van der Waals surface area (Å²) in [4.78, 5) is 11.8. The SMILES string of the molecule is C#CC(C)(C)n1cc(C(=O)OC)c2ccccc21. The lowest BCUT2D eigenvalue weighted by molar-refractivity contribution is 0.0602. The van der Waals surface area contributed by atoms with Crippen molar-refractivity contribution in [1.82, 2.24) is 4.57 Å². The van der Waals surface area contributed by atoms with Crippen LogP contribution < -0.4 is 0 Å². The zero-order valence-electron chi connectivity index (χ0n) is 10.7. The van der Waals surface area contributed by atoms with Crippen LogP contribution in [0.3, 0.4) is 0 Å². The number of aromatic nitrogens is 1. The summed E-state index contributed by atoms with van der Waals surface area (Å²) in [7, 11) is 1.38. The molecule has 0 bridgehead atoms. The summed E-state index contributed by atoms with van der Waals surface area (Å²) in [5.74, 6) is 2.38. The Morgan fingerprint density at radius 3 is 2.67 bits per heavy atom. The van der Waals surface area contributed by atoms with Crippen molar-refractivity contribution in [2.45, 2.75) is 19.4 Å². The second-order valence-corrected chi connectivity index (χ2v) is 4.62. The summed E-state index contributed by atoms with van der Waals surface area (Å²) in [6, 6.07) is 7.65. The van der Waals surface area contributed by atoms with Crippen molar-refractivity contribution in [3.63, 3.8) is 0 Å². The number of hydrogen-bond donors (Lipinski definition) is 0. The molecule has 3 nitrogen and oxygen atoms in total. The first-order valence-electron chi connectivity index (χ1n) is 5.68. The summed E-state index contributed by atoms with van der Waals surface area (Å²) in [6.45, 7) is 3.86. The molecule has 18 heavy (non-hydrogen) atoms. The van der Waals surface area contributed by atoms with Crippen LogP contribution in [0.25, 0.3) is 10.9 Å². The number of fused-ring (bicyclic) bond motifs is 1. The fourth-order valence-electron chi connectivity index (χ4n) is 1.98. The Morgan fingerprint density at radius 2 is 2.06 bits per heavy atom. The van der Waals surface area contributed by atoms with E-state index in [9.17, 15) is 4.79 Å². The van der Waals surface area contributed by atoms with Crippen molar-refractivity contribution in [2.75, 3.05) is 7.11 Å². The molecule has 0 spiro atoms. The van der Waals surface area contributed by atoms with E-state index in [4.69, 9.17) is 11.2 Å². The highest BCUT2D eigenvalue weighted by atomic mass is 16.5. The number of methoxy groups -OCH3 is 1. The zero-order chi connectivity index (χ0) is 13.3. The third kappa shape index (κ3) is 1.76. The standard InChI is InChI=1S/C15H15NO2/c1-5-15(2,3)16-10-12(14(17)18-4)11-8-6-7-9-13(11)16/h1,6-10H,2-4H3. The van der Waals surface area contributed by atoms with Crippen molar-refractivity contribution >= 4 is 16.9 Å². The molecule has 0 amide bonds. The van der Waals surface area contributed by atoms with Crippen molar-refractivity contribution in [2.24, 2.45) is 0 Å². The summed E-state index contributed by atoms with van der Waals surface area (Å²) in [6.07, 6.45) is 7.32. The van der Waals surface area contributed by atoms with Gasteiger partial charge in [-0.05, 0) is 19.9 Å². The molecule has 3 heteroatoms. The highest BCUT2D eigenvalue weighted by molar-refractivity contribution is 6.04. The minimum absolute atomic E-state index is 0.349. The van der Waals surface area contributed by atoms with E-state index >= 15 is 0 Å². The maximum Gasteiger partial charge on any atom is 0.340 e. The molecule has 1 aromatic carbocycles. The Kier molecular flexibility index (Phi) is 2.88. The van der Waals surface area contributed by atoms with Crippen LogP contribution in [0.15, 0.2) is 30.5 Å². The van der Waals surface area contributed by atoms with Gasteiger partial charge in [-0.1, -0.05) is 24.1 Å². The number of hydrogen-bond acceptors (Lipinski definition) is 2. The molecule has 2 aromatic rings. The van der Waals surface area contributed by atoms with Crippen LogP contribution in [0.1, 0.15) is 24.2 Å². The van der Waals surface area contributed by atoms with Gasteiger partial charge in [-0.25, -0.2) is 4.79 Å². The number of para-hydroxylation sites is 1. The number of ether oxygens (including phenoxy) is 1. The lowest BCUT2D eigenvalue weighted by Crippen LogP contribution is -2.22. The minimum Gasteiger partial charge on any atom is -0.465 e. The lowest BCUT2D eigenvalue weighted by atomic mass is 10.1. The molecule has 92 valence electrons. The number of nitrogens with zero attached hydrogens (tertiary/aromatic N) is 1. The van der Waals surface area contributed by atoms with Crippen molar-refractivity contribution in [1.29, 1.82) is 0 Å². The highest BCUT2D eigenvalue weighted by Crippen LogP contribution is 2.27. The monoisotopic (exact) mass is 241 g/mol. The number of terminal acetylenes is 1. The second-order valence-electron chi connectivity index (χ2n) is 4.62. The van der Waals surface area contributed by atoms with E-state index in [1.807, 2.05) is 42.7 Å². The number of rotatable bonds is 2. The van der Waals surface area contributed by atoms with E-state index in [0.29, 0.717) is 5.56 Å². The molecular weight excluding hydrogens is 226 g/mol. The van der Waals surface area contributed by atoms with Gasteiger partial charge in [0.2, 0.25) is 0 Å². The third-order valence-electron chi connectivity index (χ3n) is 3.07. The van der Waals surface area contributed by atoms with Gasteiger partial charge >= 0.3 is 5.97 Å². The highest BCUT2D eigenvalue weighted by Gasteiger charge is 2.23. The van der Waals surface area contributed by atoms with E-state index < -0.39 is 5.54 Å². The Morgan fingerprint density at radius 1 is 1.39 bits per heavy atom. The predicted molar refractivity (Wildman–Crippen MR) is 71.4 cm³/mol. The Bertz CT molecular complexity index is 644. The fourth-order valence-corrected chi connectivity index (χ4v) is 1.98. The maximum absolute atomic E-state index is 11.8. The second kappa shape index (κ2) is 4.23. The molecule has 0 radical (unpaired) electrons. The van der Waals surface area contributed by atoms with Gasteiger partial charge in [-0.3, -0.25) is 0 Å². The molecule has 0 fully saturated rings. The van der Waals surface area contributed by atoms with Gasteiger partial charge < -0.3 is 9.30 Å². The van der Waals surface area contributed by atoms with Crippen LogP contribution in [0, 0.1) is 12.3 Å². The number of carbonyl (C=O) groups excluding carboxylic acids is 1. The van der Waals surface area contributed by atoms with Gasteiger partial charge in [0.05, 0.1) is 23.7 Å². The molecular formula is C15H15NO2. The van der Waals surface area contributed by atoms with E-state index in [0.717, 1.165) is 10.9 Å². The fraction of sp³-hybridized carbons (Fsp3) is 0.267. The number of carbonyl (C=O) groups is 1. The Labute approximate surface area is 106 Å². The molecule has 0 unspecified atom stereocenters. The van der Waals surface area contributed by atoms with Gasteiger partial charge in [-0.15, -0.1) is 6.42 Å².